The Morgan fingerprint density at radius 3 is 2.31 bits per heavy atom. The second kappa shape index (κ2) is 6.31. The molecule has 0 radical (unpaired) electrons. The molecule has 0 aliphatic carbocycles. The largest absolute Gasteiger partial charge is 0.358 e. The molecule has 0 saturated carbocycles. The number of nitrogens with one attached hydrogen (secondary N) is 2. The van der Waals surface area contributed by atoms with Crippen molar-refractivity contribution in [3.8, 4) is 0 Å². The van der Waals surface area contributed by atoms with Gasteiger partial charge in [-0.1, -0.05) is 48.5 Å². The molecule has 0 fully saturated rings. The van der Waals surface area contributed by atoms with E-state index in [4.69, 9.17) is 0 Å². The number of H-pyrrole nitrogens is 1. The summed E-state index contributed by atoms with van der Waals surface area (Å²) in [5, 5.41) is 2.72. The lowest BCUT2D eigenvalue weighted by atomic mass is 10.1. The van der Waals surface area contributed by atoms with Gasteiger partial charge in [-0.3, -0.25) is 4.79 Å². The molecule has 1 amide bonds. The molecule has 0 atom stereocenters. The van der Waals surface area contributed by atoms with Crippen LogP contribution in [0.4, 0.5) is 0 Å². The second-order valence-corrected chi connectivity index (χ2v) is 7.78. The molecule has 26 heavy (non-hydrogen) atoms. The van der Waals surface area contributed by atoms with Gasteiger partial charge in [0.25, 0.3) is 10.0 Å². The smallest absolute Gasteiger partial charge is 0.264 e. The number of para-hydroxylation sites is 1. The minimum Gasteiger partial charge on any atom is -0.358 e. The first-order chi connectivity index (χ1) is 12.5. The first kappa shape index (κ1) is 16.4. The maximum atomic E-state index is 12.5. The number of fused-ring (bicyclic) bond motifs is 2. The van der Waals surface area contributed by atoms with Crippen LogP contribution >= 0.6 is 0 Å². The van der Waals surface area contributed by atoms with E-state index in [1.165, 1.54) is 6.07 Å². The van der Waals surface area contributed by atoms with Gasteiger partial charge < -0.3 is 4.98 Å². The third kappa shape index (κ3) is 3.19. The number of amides is 1. The maximum Gasteiger partial charge on any atom is 0.264 e. The summed E-state index contributed by atoms with van der Waals surface area (Å²) in [6.45, 7) is 0. The molecule has 0 spiro atoms. The third-order valence-corrected chi connectivity index (χ3v) is 5.59. The molecule has 1 heterocycles. The van der Waals surface area contributed by atoms with Crippen LogP contribution in [-0.2, 0) is 21.2 Å². The minimum atomic E-state index is -3.91. The van der Waals surface area contributed by atoms with Crippen molar-refractivity contribution >= 4 is 37.6 Å². The Bertz CT molecular complexity index is 1190. The maximum absolute atomic E-state index is 12.5. The highest BCUT2D eigenvalue weighted by Gasteiger charge is 2.18. The zero-order valence-corrected chi connectivity index (χ0v) is 14.6. The van der Waals surface area contributed by atoms with Crippen LogP contribution in [0, 0.1) is 0 Å². The summed E-state index contributed by atoms with van der Waals surface area (Å²) >= 11 is 0. The molecule has 0 aliphatic heterocycles. The van der Waals surface area contributed by atoms with Crippen molar-refractivity contribution in [1.29, 1.82) is 0 Å². The molecule has 0 aliphatic rings. The van der Waals surface area contributed by atoms with Crippen LogP contribution in [-0.4, -0.2) is 19.3 Å². The fourth-order valence-electron chi connectivity index (χ4n) is 2.98. The quantitative estimate of drug-likeness (QED) is 0.583. The zero-order valence-electron chi connectivity index (χ0n) is 13.8. The molecule has 4 aromatic rings. The summed E-state index contributed by atoms with van der Waals surface area (Å²) < 4.78 is 27.2. The van der Waals surface area contributed by atoms with Crippen molar-refractivity contribution in [3.05, 3.63) is 78.5 Å². The Kier molecular flexibility index (Phi) is 3.97. The molecule has 0 bridgehead atoms. The minimum absolute atomic E-state index is 0.0402. The number of hydrogen-bond acceptors (Lipinski definition) is 3. The molecule has 0 saturated heterocycles. The Morgan fingerprint density at radius 2 is 1.54 bits per heavy atom. The third-order valence-electron chi connectivity index (χ3n) is 4.22. The van der Waals surface area contributed by atoms with Gasteiger partial charge >= 0.3 is 0 Å². The van der Waals surface area contributed by atoms with Gasteiger partial charge in [0.2, 0.25) is 5.91 Å². The Balaban J connectivity index is 1.55. The normalized spacial score (nSPS) is 11.7. The number of benzene rings is 3. The Hall–Kier alpha value is -3.12. The highest BCUT2D eigenvalue weighted by Crippen LogP contribution is 2.19. The number of carbonyl (C=O) groups excluding carboxylic acids is 1. The Morgan fingerprint density at radius 1 is 0.846 bits per heavy atom. The number of sulfonamides is 1. The van der Waals surface area contributed by atoms with Gasteiger partial charge in [-0.25, -0.2) is 13.1 Å². The summed E-state index contributed by atoms with van der Waals surface area (Å²) in [6, 6.07) is 21.7. The van der Waals surface area contributed by atoms with Gasteiger partial charge in [-0.15, -0.1) is 0 Å². The number of hydrogen-bond donors (Lipinski definition) is 2. The topological polar surface area (TPSA) is 79.0 Å². The van der Waals surface area contributed by atoms with Crippen LogP contribution in [0.25, 0.3) is 21.7 Å². The standard InChI is InChI=1S/C20H16N2O3S/c23-20(13-17-11-16-7-3-4-8-19(16)21-17)22-26(24,25)18-10-9-14-5-1-2-6-15(14)12-18/h1-12,21H,13H2,(H,22,23). The van der Waals surface area contributed by atoms with E-state index in [0.717, 1.165) is 21.7 Å². The van der Waals surface area contributed by atoms with Crippen molar-refractivity contribution in [3.63, 3.8) is 0 Å². The van der Waals surface area contributed by atoms with Gasteiger partial charge in [0, 0.05) is 11.2 Å². The number of rotatable bonds is 4. The van der Waals surface area contributed by atoms with E-state index in [1.807, 2.05) is 54.6 Å². The van der Waals surface area contributed by atoms with Crippen LogP contribution < -0.4 is 4.72 Å². The van der Waals surface area contributed by atoms with Crippen molar-refractivity contribution < 1.29 is 13.2 Å². The summed E-state index contributed by atoms with van der Waals surface area (Å²) in [5.41, 5.74) is 1.57. The molecule has 3 aromatic carbocycles. The van der Waals surface area contributed by atoms with Crippen LogP contribution in [0.15, 0.2) is 77.7 Å². The van der Waals surface area contributed by atoms with Gasteiger partial charge in [0.05, 0.1) is 11.3 Å². The lowest BCUT2D eigenvalue weighted by Crippen LogP contribution is -2.31. The molecule has 5 nitrogen and oxygen atoms in total. The average molecular weight is 364 g/mol. The molecule has 6 heteroatoms. The van der Waals surface area contributed by atoms with Crippen molar-refractivity contribution in [2.45, 2.75) is 11.3 Å². The van der Waals surface area contributed by atoms with Crippen molar-refractivity contribution in [1.82, 2.24) is 9.71 Å². The summed E-state index contributed by atoms with van der Waals surface area (Å²) in [6.07, 6.45) is -0.0402. The van der Waals surface area contributed by atoms with Crippen LogP contribution in [0.2, 0.25) is 0 Å². The van der Waals surface area contributed by atoms with Gasteiger partial charge in [0.15, 0.2) is 0 Å². The lowest BCUT2D eigenvalue weighted by Gasteiger charge is -2.07. The van der Waals surface area contributed by atoms with E-state index >= 15 is 0 Å². The fourth-order valence-corrected chi connectivity index (χ4v) is 4.00. The molecule has 1 aromatic heterocycles. The van der Waals surface area contributed by atoms with E-state index < -0.39 is 15.9 Å². The number of aromatic nitrogens is 1. The number of carbonyl (C=O) groups is 1. The van der Waals surface area contributed by atoms with Crippen molar-refractivity contribution in [2.75, 3.05) is 0 Å². The highest BCUT2D eigenvalue weighted by molar-refractivity contribution is 7.90. The monoisotopic (exact) mass is 364 g/mol. The summed E-state index contributed by atoms with van der Waals surface area (Å²) in [5.74, 6) is -0.579. The highest BCUT2D eigenvalue weighted by atomic mass is 32.2. The molecule has 4 rings (SSSR count). The first-order valence-electron chi connectivity index (χ1n) is 8.12. The molecule has 0 unspecified atom stereocenters. The SMILES string of the molecule is O=C(Cc1cc2ccccc2[nH]1)NS(=O)(=O)c1ccc2ccccc2c1. The average Bonchev–Trinajstić information content (AvgIpc) is 3.02. The number of aromatic amines is 1. The van der Waals surface area contributed by atoms with Crippen LogP contribution in [0.5, 0.6) is 0 Å². The van der Waals surface area contributed by atoms with Gasteiger partial charge in [0.1, 0.15) is 0 Å². The van der Waals surface area contributed by atoms with E-state index in [2.05, 4.69) is 9.71 Å². The zero-order chi connectivity index (χ0) is 18.1. The second-order valence-electron chi connectivity index (χ2n) is 6.10. The predicted octanol–water partition coefficient (Wildman–Crippen LogP) is 3.37. The van der Waals surface area contributed by atoms with Crippen LogP contribution in [0.3, 0.4) is 0 Å². The molecule has 130 valence electrons. The van der Waals surface area contributed by atoms with Crippen LogP contribution in [0.1, 0.15) is 5.69 Å². The lowest BCUT2D eigenvalue weighted by molar-refractivity contribution is -0.118. The molecular weight excluding hydrogens is 348 g/mol. The van der Waals surface area contributed by atoms with E-state index in [0.29, 0.717) is 5.69 Å². The molecule has 2 N–H and O–H groups in total. The fraction of sp³-hybridized carbons (Fsp3) is 0.0500. The van der Waals surface area contributed by atoms with E-state index in [-0.39, 0.29) is 11.3 Å². The summed E-state index contributed by atoms with van der Waals surface area (Å²) in [4.78, 5) is 15.4. The van der Waals surface area contributed by atoms with Gasteiger partial charge in [-0.2, -0.15) is 0 Å². The van der Waals surface area contributed by atoms with E-state index in [1.54, 1.807) is 12.1 Å². The molecular formula is C20H16N2O3S. The van der Waals surface area contributed by atoms with Gasteiger partial charge in [-0.05, 0) is 40.4 Å². The predicted molar refractivity (Wildman–Crippen MR) is 101 cm³/mol. The van der Waals surface area contributed by atoms with E-state index in [9.17, 15) is 13.2 Å². The first-order valence-corrected chi connectivity index (χ1v) is 9.61. The van der Waals surface area contributed by atoms with Crippen molar-refractivity contribution in [2.24, 2.45) is 0 Å². The summed E-state index contributed by atoms with van der Waals surface area (Å²) in [7, 11) is -3.91. The Labute approximate surface area is 150 Å².